The lowest BCUT2D eigenvalue weighted by Gasteiger charge is -2.06. The van der Waals surface area contributed by atoms with Crippen molar-refractivity contribution in [1.82, 2.24) is 14.5 Å². The number of carbonyl (C=O) groups is 1. The minimum atomic E-state index is -0.0576. The zero-order valence-electron chi connectivity index (χ0n) is 12.7. The maximum atomic E-state index is 12.3. The number of hydrogen-bond acceptors (Lipinski definition) is 4. The van der Waals surface area contributed by atoms with E-state index in [0.29, 0.717) is 5.69 Å². The van der Waals surface area contributed by atoms with Gasteiger partial charge < -0.3 is 5.32 Å². The summed E-state index contributed by atoms with van der Waals surface area (Å²) in [4.78, 5) is 23.1. The first-order valence-electron chi connectivity index (χ1n) is 7.60. The van der Waals surface area contributed by atoms with Crippen LogP contribution in [0, 0.1) is 6.92 Å². The van der Waals surface area contributed by atoms with Gasteiger partial charge in [0.05, 0.1) is 16.8 Å². The summed E-state index contributed by atoms with van der Waals surface area (Å²) in [6.45, 7) is 1.92. The highest BCUT2D eigenvalue weighted by Crippen LogP contribution is 2.31. The smallest absolute Gasteiger partial charge is 0.265 e. The second-order valence-electron chi connectivity index (χ2n) is 5.62. The number of amides is 1. The van der Waals surface area contributed by atoms with E-state index < -0.39 is 0 Å². The van der Waals surface area contributed by atoms with Gasteiger partial charge in [-0.25, -0.2) is 9.97 Å². The van der Waals surface area contributed by atoms with E-state index in [1.807, 2.05) is 35.9 Å². The van der Waals surface area contributed by atoms with Crippen LogP contribution in [0.2, 0.25) is 0 Å². The molecule has 0 saturated heterocycles. The lowest BCUT2D eigenvalue weighted by Crippen LogP contribution is -2.10. The number of hydrogen-bond donors (Lipinski definition) is 1. The van der Waals surface area contributed by atoms with E-state index in [4.69, 9.17) is 0 Å². The summed E-state index contributed by atoms with van der Waals surface area (Å²) in [6.07, 6.45) is 8.69. The van der Waals surface area contributed by atoms with Gasteiger partial charge >= 0.3 is 0 Å². The van der Waals surface area contributed by atoms with E-state index in [9.17, 15) is 4.79 Å². The van der Waals surface area contributed by atoms with Gasteiger partial charge in [0.1, 0.15) is 11.6 Å². The van der Waals surface area contributed by atoms with E-state index in [2.05, 4.69) is 15.3 Å². The SMILES string of the molecule is Cc1nccn1-c1ccc(NC(=O)c2cc3c(s2)CCC3)cn1. The van der Waals surface area contributed by atoms with Gasteiger partial charge in [0, 0.05) is 17.3 Å². The van der Waals surface area contributed by atoms with Gasteiger partial charge in [-0.1, -0.05) is 0 Å². The third kappa shape index (κ3) is 2.66. The molecule has 3 aromatic heterocycles. The first kappa shape index (κ1) is 14.1. The van der Waals surface area contributed by atoms with Gasteiger partial charge in [-0.15, -0.1) is 11.3 Å². The Labute approximate surface area is 138 Å². The molecular formula is C17H16N4OS. The second-order valence-corrected chi connectivity index (χ2v) is 6.75. The highest BCUT2D eigenvalue weighted by Gasteiger charge is 2.18. The van der Waals surface area contributed by atoms with Crippen LogP contribution in [-0.2, 0) is 12.8 Å². The summed E-state index contributed by atoms with van der Waals surface area (Å²) < 4.78 is 1.90. The molecule has 23 heavy (non-hydrogen) atoms. The van der Waals surface area contributed by atoms with Gasteiger partial charge in [0.15, 0.2) is 0 Å². The molecule has 116 valence electrons. The van der Waals surface area contributed by atoms with Crippen LogP contribution in [-0.4, -0.2) is 20.4 Å². The predicted octanol–water partition coefficient (Wildman–Crippen LogP) is 3.38. The average Bonchev–Trinajstić information content (AvgIpc) is 3.23. The molecule has 6 heteroatoms. The van der Waals surface area contributed by atoms with Crippen LogP contribution in [0.3, 0.4) is 0 Å². The fourth-order valence-corrected chi connectivity index (χ4v) is 4.01. The third-order valence-electron chi connectivity index (χ3n) is 4.05. The van der Waals surface area contributed by atoms with Gasteiger partial charge in [0.25, 0.3) is 5.91 Å². The highest BCUT2D eigenvalue weighted by atomic mass is 32.1. The van der Waals surface area contributed by atoms with Crippen molar-refractivity contribution in [3.63, 3.8) is 0 Å². The number of imidazole rings is 1. The van der Waals surface area contributed by atoms with Crippen molar-refractivity contribution < 1.29 is 4.79 Å². The number of nitrogens with one attached hydrogen (secondary N) is 1. The predicted molar refractivity (Wildman–Crippen MR) is 90.4 cm³/mol. The summed E-state index contributed by atoms with van der Waals surface area (Å²) in [5, 5.41) is 2.92. The minimum absolute atomic E-state index is 0.0576. The standard InChI is InChI=1S/C17H16N4OS/c1-11-18-7-8-21(11)16-6-5-13(10-19-16)20-17(22)15-9-12-3-2-4-14(12)23-15/h5-10H,2-4H2,1H3,(H,20,22). The molecule has 0 unspecified atom stereocenters. The Morgan fingerprint density at radius 2 is 2.22 bits per heavy atom. The van der Waals surface area contributed by atoms with Crippen LogP contribution >= 0.6 is 11.3 Å². The van der Waals surface area contributed by atoms with Crippen molar-refractivity contribution in [2.45, 2.75) is 26.2 Å². The van der Waals surface area contributed by atoms with Crippen molar-refractivity contribution >= 4 is 22.9 Å². The van der Waals surface area contributed by atoms with Crippen LogP contribution in [0.15, 0.2) is 36.8 Å². The number of rotatable bonds is 3. The topological polar surface area (TPSA) is 59.8 Å². The van der Waals surface area contributed by atoms with E-state index in [0.717, 1.165) is 29.4 Å². The Kier molecular flexibility index (Phi) is 3.46. The van der Waals surface area contributed by atoms with Crippen LogP contribution in [0.1, 0.15) is 32.4 Å². The highest BCUT2D eigenvalue weighted by molar-refractivity contribution is 7.14. The van der Waals surface area contributed by atoms with E-state index in [1.54, 1.807) is 23.7 Å². The van der Waals surface area contributed by atoms with Gasteiger partial charge in [0.2, 0.25) is 0 Å². The molecule has 4 rings (SSSR count). The molecule has 3 aromatic rings. The maximum absolute atomic E-state index is 12.3. The number of nitrogens with zero attached hydrogens (tertiary/aromatic N) is 3. The Morgan fingerprint density at radius 3 is 2.91 bits per heavy atom. The fraction of sp³-hybridized carbons (Fsp3) is 0.235. The number of pyridine rings is 1. The Balaban J connectivity index is 1.50. The van der Waals surface area contributed by atoms with Crippen molar-refractivity contribution in [1.29, 1.82) is 0 Å². The molecule has 1 amide bonds. The summed E-state index contributed by atoms with van der Waals surface area (Å²) >= 11 is 1.61. The minimum Gasteiger partial charge on any atom is -0.320 e. The molecule has 5 nitrogen and oxygen atoms in total. The molecule has 0 spiro atoms. The number of anilines is 1. The van der Waals surface area contributed by atoms with E-state index >= 15 is 0 Å². The zero-order valence-corrected chi connectivity index (χ0v) is 13.6. The molecular weight excluding hydrogens is 308 g/mol. The molecule has 3 heterocycles. The lowest BCUT2D eigenvalue weighted by molar-refractivity contribution is 0.103. The van der Waals surface area contributed by atoms with E-state index in [1.165, 1.54) is 16.9 Å². The van der Waals surface area contributed by atoms with Crippen LogP contribution in [0.25, 0.3) is 5.82 Å². The quantitative estimate of drug-likeness (QED) is 0.803. The Bertz CT molecular complexity index is 842. The Hall–Kier alpha value is -2.47. The summed E-state index contributed by atoms with van der Waals surface area (Å²) in [5.41, 5.74) is 2.04. The van der Waals surface area contributed by atoms with Crippen LogP contribution < -0.4 is 5.32 Å². The fourth-order valence-electron chi connectivity index (χ4n) is 2.86. The molecule has 0 atom stereocenters. The summed E-state index contributed by atoms with van der Waals surface area (Å²) in [7, 11) is 0. The van der Waals surface area contributed by atoms with Crippen molar-refractivity contribution in [3.8, 4) is 5.82 Å². The molecule has 1 aliphatic carbocycles. The van der Waals surface area contributed by atoms with E-state index in [-0.39, 0.29) is 5.91 Å². The number of thiophene rings is 1. The van der Waals surface area contributed by atoms with Crippen molar-refractivity contribution in [2.24, 2.45) is 0 Å². The van der Waals surface area contributed by atoms with Crippen molar-refractivity contribution in [2.75, 3.05) is 5.32 Å². The number of aryl methyl sites for hydroxylation is 3. The van der Waals surface area contributed by atoms with Gasteiger partial charge in [-0.3, -0.25) is 9.36 Å². The second kappa shape index (κ2) is 5.62. The maximum Gasteiger partial charge on any atom is 0.265 e. The molecule has 0 radical (unpaired) electrons. The normalized spacial score (nSPS) is 13.1. The van der Waals surface area contributed by atoms with Gasteiger partial charge in [-0.05, 0) is 49.9 Å². The first-order valence-corrected chi connectivity index (χ1v) is 8.42. The molecule has 1 aliphatic rings. The van der Waals surface area contributed by atoms with Crippen molar-refractivity contribution in [3.05, 3.63) is 57.9 Å². The molecule has 1 N–H and O–H groups in total. The lowest BCUT2D eigenvalue weighted by atomic mass is 10.2. The average molecular weight is 324 g/mol. The Morgan fingerprint density at radius 1 is 1.30 bits per heavy atom. The molecule has 0 aliphatic heterocycles. The largest absolute Gasteiger partial charge is 0.320 e. The monoisotopic (exact) mass is 324 g/mol. The number of fused-ring (bicyclic) bond motifs is 1. The van der Waals surface area contributed by atoms with Crippen LogP contribution in [0.4, 0.5) is 5.69 Å². The van der Waals surface area contributed by atoms with Gasteiger partial charge in [-0.2, -0.15) is 0 Å². The number of carbonyl (C=O) groups excluding carboxylic acids is 1. The third-order valence-corrected chi connectivity index (χ3v) is 5.28. The molecule has 0 bridgehead atoms. The summed E-state index contributed by atoms with van der Waals surface area (Å²) in [6, 6.07) is 5.76. The zero-order chi connectivity index (χ0) is 15.8. The molecule has 0 aromatic carbocycles. The van der Waals surface area contributed by atoms with Crippen LogP contribution in [0.5, 0.6) is 0 Å². The summed E-state index contributed by atoms with van der Waals surface area (Å²) in [5.74, 6) is 1.60. The molecule has 0 fully saturated rings. The number of aromatic nitrogens is 3. The first-order chi connectivity index (χ1) is 11.2. The molecule has 0 saturated carbocycles.